The first-order valence-corrected chi connectivity index (χ1v) is 8.17. The van der Waals surface area contributed by atoms with Crippen LogP contribution >= 0.6 is 11.3 Å². The number of carboxylic acids is 1. The first kappa shape index (κ1) is 14.2. The number of anilines is 1. The van der Waals surface area contributed by atoms with E-state index < -0.39 is 17.8 Å². The standard InChI is InChI=1S/C16H14N2O4S/c19-9-2-1-3-10-13(9)17-16(23-10)18-14(20)11-7-4-5-8(6-7)12(11)15(21)22/h1-5,7-8,11-12,19H,6H2,(H,21,22)(H,17,18,20)/t7-,8+,11-,12+/m1/s1. The number of phenolic OH excluding ortho intramolecular Hbond substituents is 1. The van der Waals surface area contributed by atoms with Crippen LogP contribution in [0.25, 0.3) is 10.2 Å². The molecule has 0 unspecified atom stereocenters. The third kappa shape index (κ3) is 2.19. The van der Waals surface area contributed by atoms with E-state index >= 15 is 0 Å². The monoisotopic (exact) mass is 330 g/mol. The number of aliphatic carboxylic acids is 1. The zero-order valence-electron chi connectivity index (χ0n) is 12.0. The fraction of sp³-hybridized carbons (Fsp3) is 0.312. The van der Waals surface area contributed by atoms with Gasteiger partial charge in [-0.05, 0) is 30.4 Å². The molecule has 0 aliphatic heterocycles. The second-order valence-electron chi connectivity index (χ2n) is 5.97. The molecule has 0 spiro atoms. The molecule has 2 bridgehead atoms. The van der Waals surface area contributed by atoms with Crippen LogP contribution < -0.4 is 5.32 Å². The van der Waals surface area contributed by atoms with Crippen LogP contribution in [-0.4, -0.2) is 27.1 Å². The van der Waals surface area contributed by atoms with E-state index in [1.165, 1.54) is 17.4 Å². The number of aromatic nitrogens is 1. The Labute approximate surface area is 135 Å². The van der Waals surface area contributed by atoms with Gasteiger partial charge < -0.3 is 15.5 Å². The van der Waals surface area contributed by atoms with Crippen molar-refractivity contribution in [1.29, 1.82) is 0 Å². The lowest BCUT2D eigenvalue weighted by Gasteiger charge is -2.23. The van der Waals surface area contributed by atoms with E-state index in [0.717, 1.165) is 11.1 Å². The van der Waals surface area contributed by atoms with Crippen molar-refractivity contribution in [2.75, 3.05) is 5.32 Å². The molecule has 0 radical (unpaired) electrons. The molecule has 6 nitrogen and oxygen atoms in total. The highest BCUT2D eigenvalue weighted by atomic mass is 32.1. The number of phenols is 1. The van der Waals surface area contributed by atoms with Gasteiger partial charge in [0.15, 0.2) is 5.13 Å². The highest BCUT2D eigenvalue weighted by Crippen LogP contribution is 2.48. The summed E-state index contributed by atoms with van der Waals surface area (Å²) in [5.74, 6) is -2.50. The molecular weight excluding hydrogens is 316 g/mol. The summed E-state index contributed by atoms with van der Waals surface area (Å²) in [5, 5.41) is 22.3. The summed E-state index contributed by atoms with van der Waals surface area (Å²) < 4.78 is 0.767. The van der Waals surface area contributed by atoms with Crippen LogP contribution in [0, 0.1) is 23.7 Å². The average Bonchev–Trinajstić information content (AvgIpc) is 3.19. The lowest BCUT2D eigenvalue weighted by Crippen LogP contribution is -2.36. The largest absolute Gasteiger partial charge is 0.506 e. The molecule has 0 saturated heterocycles. The number of amides is 1. The van der Waals surface area contributed by atoms with Gasteiger partial charge in [-0.15, -0.1) is 0 Å². The Morgan fingerprint density at radius 2 is 1.96 bits per heavy atom. The Morgan fingerprint density at radius 1 is 1.22 bits per heavy atom. The number of carbonyl (C=O) groups is 2. The van der Waals surface area contributed by atoms with Crippen molar-refractivity contribution in [1.82, 2.24) is 4.98 Å². The fourth-order valence-electron chi connectivity index (χ4n) is 3.69. The van der Waals surface area contributed by atoms with Crippen molar-refractivity contribution in [3.05, 3.63) is 30.4 Å². The van der Waals surface area contributed by atoms with Crippen molar-refractivity contribution < 1.29 is 19.8 Å². The average molecular weight is 330 g/mol. The van der Waals surface area contributed by atoms with Gasteiger partial charge in [-0.3, -0.25) is 9.59 Å². The van der Waals surface area contributed by atoms with Gasteiger partial charge in [0.1, 0.15) is 11.3 Å². The van der Waals surface area contributed by atoms with Crippen LogP contribution in [0.1, 0.15) is 6.42 Å². The topological polar surface area (TPSA) is 99.5 Å². The van der Waals surface area contributed by atoms with Crippen LogP contribution in [-0.2, 0) is 9.59 Å². The normalized spacial score (nSPS) is 28.3. The molecule has 2 aliphatic rings. The molecule has 4 atom stereocenters. The highest BCUT2D eigenvalue weighted by Gasteiger charge is 2.51. The molecule has 1 heterocycles. The van der Waals surface area contributed by atoms with Gasteiger partial charge in [0.2, 0.25) is 5.91 Å². The van der Waals surface area contributed by atoms with E-state index in [4.69, 9.17) is 0 Å². The summed E-state index contributed by atoms with van der Waals surface area (Å²) in [5.41, 5.74) is 0.440. The number of thiazole rings is 1. The van der Waals surface area contributed by atoms with Gasteiger partial charge in [0.05, 0.1) is 16.5 Å². The molecule has 23 heavy (non-hydrogen) atoms. The minimum absolute atomic E-state index is 0.0242. The second kappa shape index (κ2) is 5.06. The molecule has 7 heteroatoms. The molecule has 1 amide bonds. The number of para-hydroxylation sites is 1. The van der Waals surface area contributed by atoms with Crippen molar-refractivity contribution in [3.63, 3.8) is 0 Å². The smallest absolute Gasteiger partial charge is 0.307 e. The number of rotatable bonds is 3. The van der Waals surface area contributed by atoms with Gasteiger partial charge >= 0.3 is 5.97 Å². The maximum absolute atomic E-state index is 12.6. The lowest BCUT2D eigenvalue weighted by atomic mass is 9.82. The number of hydrogen-bond donors (Lipinski definition) is 3. The summed E-state index contributed by atoms with van der Waals surface area (Å²) in [6, 6.07) is 5.06. The van der Waals surface area contributed by atoms with Crippen molar-refractivity contribution in [2.24, 2.45) is 23.7 Å². The van der Waals surface area contributed by atoms with Crippen LogP contribution in [0.2, 0.25) is 0 Å². The third-order valence-electron chi connectivity index (χ3n) is 4.67. The number of fused-ring (bicyclic) bond motifs is 3. The number of allylic oxidation sites excluding steroid dienone is 2. The number of carbonyl (C=O) groups excluding carboxylic acids is 1. The Kier molecular flexibility index (Phi) is 3.12. The number of nitrogens with zero attached hydrogens (tertiary/aromatic N) is 1. The molecular formula is C16H14N2O4S. The third-order valence-corrected chi connectivity index (χ3v) is 5.61. The molecule has 2 aromatic rings. The Bertz CT molecular complexity index is 844. The van der Waals surface area contributed by atoms with Crippen LogP contribution in [0.4, 0.5) is 5.13 Å². The molecule has 3 N–H and O–H groups in total. The number of carboxylic acid groups (broad SMARTS) is 1. The summed E-state index contributed by atoms with van der Waals surface area (Å²) in [4.78, 5) is 28.3. The maximum Gasteiger partial charge on any atom is 0.307 e. The molecule has 1 fully saturated rings. The molecule has 118 valence electrons. The molecule has 1 aromatic heterocycles. The SMILES string of the molecule is O=C(O)[C@@H]1[C@H](C(=O)Nc2nc3c(O)cccc3s2)[C@@H]2C=C[C@H]1C2. The zero-order chi connectivity index (χ0) is 16.1. The molecule has 1 saturated carbocycles. The van der Waals surface area contributed by atoms with E-state index in [-0.39, 0.29) is 23.5 Å². The van der Waals surface area contributed by atoms with E-state index in [0.29, 0.717) is 10.6 Å². The summed E-state index contributed by atoms with van der Waals surface area (Å²) in [6.07, 6.45) is 4.57. The fourth-order valence-corrected chi connectivity index (χ4v) is 4.58. The molecule has 2 aliphatic carbocycles. The van der Waals surface area contributed by atoms with Crippen LogP contribution in [0.3, 0.4) is 0 Å². The predicted molar refractivity (Wildman–Crippen MR) is 85.3 cm³/mol. The Hall–Kier alpha value is -2.41. The van der Waals surface area contributed by atoms with Crippen molar-refractivity contribution in [3.8, 4) is 5.75 Å². The molecule has 4 rings (SSSR count). The number of benzene rings is 1. The van der Waals surface area contributed by atoms with E-state index in [9.17, 15) is 19.8 Å². The number of hydrogen-bond acceptors (Lipinski definition) is 5. The van der Waals surface area contributed by atoms with E-state index in [1.807, 2.05) is 18.2 Å². The Morgan fingerprint density at radius 3 is 2.65 bits per heavy atom. The van der Waals surface area contributed by atoms with E-state index in [1.54, 1.807) is 6.07 Å². The van der Waals surface area contributed by atoms with Gasteiger partial charge in [0, 0.05) is 0 Å². The predicted octanol–water partition coefficient (Wildman–Crippen LogP) is 2.46. The first-order valence-electron chi connectivity index (χ1n) is 7.35. The van der Waals surface area contributed by atoms with E-state index in [2.05, 4.69) is 10.3 Å². The Balaban J connectivity index is 1.60. The summed E-state index contributed by atoms with van der Waals surface area (Å²) in [6.45, 7) is 0. The second-order valence-corrected chi connectivity index (χ2v) is 7.00. The van der Waals surface area contributed by atoms with Crippen molar-refractivity contribution in [2.45, 2.75) is 6.42 Å². The summed E-state index contributed by atoms with van der Waals surface area (Å²) in [7, 11) is 0. The maximum atomic E-state index is 12.6. The van der Waals surface area contributed by atoms with Crippen LogP contribution in [0.5, 0.6) is 5.75 Å². The van der Waals surface area contributed by atoms with Crippen molar-refractivity contribution >= 4 is 38.6 Å². The van der Waals surface area contributed by atoms with Crippen LogP contribution in [0.15, 0.2) is 30.4 Å². The van der Waals surface area contributed by atoms with Gasteiger partial charge in [-0.2, -0.15) is 0 Å². The highest BCUT2D eigenvalue weighted by molar-refractivity contribution is 7.22. The zero-order valence-corrected chi connectivity index (χ0v) is 12.8. The van der Waals surface area contributed by atoms with Gasteiger partial charge in [-0.1, -0.05) is 29.6 Å². The summed E-state index contributed by atoms with van der Waals surface area (Å²) >= 11 is 1.26. The molecule has 1 aromatic carbocycles. The number of aromatic hydroxyl groups is 1. The quantitative estimate of drug-likeness (QED) is 0.751. The lowest BCUT2D eigenvalue weighted by molar-refractivity contribution is -0.146. The minimum atomic E-state index is -0.927. The minimum Gasteiger partial charge on any atom is -0.506 e. The number of nitrogens with one attached hydrogen (secondary N) is 1. The van der Waals surface area contributed by atoms with Gasteiger partial charge in [-0.25, -0.2) is 4.98 Å². The first-order chi connectivity index (χ1) is 11.0. The van der Waals surface area contributed by atoms with Gasteiger partial charge in [0.25, 0.3) is 0 Å².